The molecular weight excluding hydrogens is 282 g/mol. The zero-order valence-corrected chi connectivity index (χ0v) is 13.2. The molecule has 0 radical (unpaired) electrons. The van der Waals surface area contributed by atoms with Gasteiger partial charge in [-0.25, -0.2) is 0 Å². The maximum atomic E-state index is 5.92. The first-order valence-electron chi connectivity index (χ1n) is 6.43. The quantitative estimate of drug-likeness (QED) is 0.902. The number of nitrogens with zero attached hydrogens (tertiary/aromatic N) is 4. The van der Waals surface area contributed by atoms with Crippen LogP contribution < -0.4 is 10.2 Å². The number of nitrogens with one attached hydrogen (secondary N) is 1. The van der Waals surface area contributed by atoms with E-state index in [1.165, 1.54) is 25.7 Å². The van der Waals surface area contributed by atoms with Gasteiger partial charge in [0.25, 0.3) is 0 Å². The van der Waals surface area contributed by atoms with Crippen molar-refractivity contribution in [3.63, 3.8) is 0 Å². The van der Waals surface area contributed by atoms with E-state index in [0.717, 1.165) is 6.54 Å². The molecular formula is C12H20ClN5S. The van der Waals surface area contributed by atoms with Crippen molar-refractivity contribution in [2.75, 3.05) is 37.1 Å². The fraction of sp³-hybridized carbons (Fsp3) is 0.750. The second kappa shape index (κ2) is 6.13. The Hall–Kier alpha value is -0.750. The number of thioether (sulfide) groups is 1. The van der Waals surface area contributed by atoms with Crippen LogP contribution in [-0.2, 0) is 0 Å². The van der Waals surface area contributed by atoms with E-state index in [4.69, 9.17) is 11.6 Å². The number of aromatic nitrogens is 3. The van der Waals surface area contributed by atoms with Crippen LogP contribution >= 0.6 is 23.4 Å². The Morgan fingerprint density at radius 1 is 1.26 bits per heavy atom. The normalized spacial score (nSPS) is 17.5. The SMILES string of the molecule is CSC1(CNc2nc(Cl)nc(N(C)C)n2)CCCC1. The van der Waals surface area contributed by atoms with Crippen molar-refractivity contribution < 1.29 is 0 Å². The van der Waals surface area contributed by atoms with Gasteiger partial charge in [0.15, 0.2) is 0 Å². The standard InChI is InChI=1S/C12H20ClN5S/c1-18(2)11-16-9(13)15-10(17-11)14-8-12(19-3)6-4-5-7-12/h4-8H2,1-3H3,(H,14,15,16,17). The first kappa shape index (κ1) is 14.7. The monoisotopic (exact) mass is 301 g/mol. The highest BCUT2D eigenvalue weighted by atomic mass is 35.5. The minimum Gasteiger partial charge on any atom is -0.353 e. The summed E-state index contributed by atoms with van der Waals surface area (Å²) in [6.45, 7) is 0.876. The van der Waals surface area contributed by atoms with Crippen LogP contribution in [0.1, 0.15) is 25.7 Å². The van der Waals surface area contributed by atoms with Crippen LogP contribution in [0.2, 0.25) is 5.28 Å². The van der Waals surface area contributed by atoms with Crippen molar-refractivity contribution in [3.8, 4) is 0 Å². The maximum absolute atomic E-state index is 5.92. The van der Waals surface area contributed by atoms with E-state index in [1.807, 2.05) is 30.8 Å². The predicted octanol–water partition coefficient (Wildman–Crippen LogP) is 2.68. The van der Waals surface area contributed by atoms with Gasteiger partial charge in [-0.1, -0.05) is 12.8 Å². The van der Waals surface area contributed by atoms with Crippen molar-refractivity contribution in [2.45, 2.75) is 30.4 Å². The van der Waals surface area contributed by atoms with Crippen molar-refractivity contribution in [3.05, 3.63) is 5.28 Å². The van der Waals surface area contributed by atoms with Crippen LogP contribution in [0.3, 0.4) is 0 Å². The third kappa shape index (κ3) is 3.63. The summed E-state index contributed by atoms with van der Waals surface area (Å²) in [7, 11) is 3.77. The highest BCUT2D eigenvalue weighted by Gasteiger charge is 2.32. The smallest absolute Gasteiger partial charge is 0.230 e. The summed E-state index contributed by atoms with van der Waals surface area (Å²) < 4.78 is 0.317. The van der Waals surface area contributed by atoms with Gasteiger partial charge >= 0.3 is 0 Å². The Morgan fingerprint density at radius 3 is 2.53 bits per heavy atom. The number of hydrogen-bond donors (Lipinski definition) is 1. The summed E-state index contributed by atoms with van der Waals surface area (Å²) in [5.74, 6) is 1.14. The van der Waals surface area contributed by atoms with Gasteiger partial charge in [-0.3, -0.25) is 0 Å². The highest BCUT2D eigenvalue weighted by molar-refractivity contribution is 8.00. The Kier molecular flexibility index (Phi) is 4.73. The molecule has 1 fully saturated rings. The molecule has 0 atom stereocenters. The van der Waals surface area contributed by atoms with Gasteiger partial charge in [-0.2, -0.15) is 26.7 Å². The lowest BCUT2D eigenvalue weighted by Crippen LogP contribution is -2.30. The second-order valence-electron chi connectivity index (χ2n) is 5.07. The van der Waals surface area contributed by atoms with Crippen LogP contribution in [0.5, 0.6) is 0 Å². The molecule has 106 valence electrons. The first-order valence-corrected chi connectivity index (χ1v) is 8.03. The number of anilines is 2. The highest BCUT2D eigenvalue weighted by Crippen LogP contribution is 2.40. The fourth-order valence-corrected chi connectivity index (χ4v) is 3.40. The average molecular weight is 302 g/mol. The van der Waals surface area contributed by atoms with Crippen LogP contribution in [0, 0.1) is 0 Å². The van der Waals surface area contributed by atoms with Crippen LogP contribution in [0.4, 0.5) is 11.9 Å². The van der Waals surface area contributed by atoms with E-state index in [2.05, 4.69) is 26.5 Å². The fourth-order valence-electron chi connectivity index (χ4n) is 2.33. The predicted molar refractivity (Wildman–Crippen MR) is 82.4 cm³/mol. The molecule has 0 amide bonds. The third-order valence-electron chi connectivity index (χ3n) is 3.51. The molecule has 19 heavy (non-hydrogen) atoms. The Bertz CT molecular complexity index is 434. The molecule has 7 heteroatoms. The molecule has 1 aliphatic rings. The van der Waals surface area contributed by atoms with Gasteiger partial charge in [0.2, 0.25) is 17.2 Å². The molecule has 0 aliphatic heterocycles. The molecule has 1 N–H and O–H groups in total. The second-order valence-corrected chi connectivity index (χ2v) is 6.68. The van der Waals surface area contributed by atoms with Crippen molar-refractivity contribution in [1.29, 1.82) is 0 Å². The summed E-state index contributed by atoms with van der Waals surface area (Å²) in [4.78, 5) is 14.4. The van der Waals surface area contributed by atoms with Crippen molar-refractivity contribution in [1.82, 2.24) is 15.0 Å². The molecule has 1 aliphatic carbocycles. The molecule has 5 nitrogen and oxygen atoms in total. The molecule has 1 saturated carbocycles. The van der Waals surface area contributed by atoms with Gasteiger partial charge in [-0.05, 0) is 30.7 Å². The Morgan fingerprint density at radius 2 is 1.95 bits per heavy atom. The number of rotatable bonds is 5. The topological polar surface area (TPSA) is 53.9 Å². The molecule has 0 aromatic carbocycles. The number of hydrogen-bond acceptors (Lipinski definition) is 6. The molecule has 1 heterocycles. The van der Waals surface area contributed by atoms with Gasteiger partial charge in [0, 0.05) is 25.4 Å². The zero-order valence-electron chi connectivity index (χ0n) is 11.6. The summed E-state index contributed by atoms with van der Waals surface area (Å²) in [6, 6.07) is 0. The lowest BCUT2D eigenvalue weighted by molar-refractivity contribution is 0.636. The molecule has 0 spiro atoms. The van der Waals surface area contributed by atoms with Gasteiger partial charge in [-0.15, -0.1) is 0 Å². The lowest BCUT2D eigenvalue weighted by Gasteiger charge is -2.27. The summed E-state index contributed by atoms with van der Waals surface area (Å²) in [6.07, 6.45) is 7.30. The number of halogens is 1. The van der Waals surface area contributed by atoms with Crippen LogP contribution in [0.15, 0.2) is 0 Å². The molecule has 0 bridgehead atoms. The van der Waals surface area contributed by atoms with Gasteiger partial charge in [0.1, 0.15) is 0 Å². The van der Waals surface area contributed by atoms with Crippen molar-refractivity contribution in [2.24, 2.45) is 0 Å². The molecule has 0 unspecified atom stereocenters. The van der Waals surface area contributed by atoms with E-state index in [9.17, 15) is 0 Å². The largest absolute Gasteiger partial charge is 0.353 e. The van der Waals surface area contributed by atoms with Crippen LogP contribution in [-0.4, -0.2) is 46.6 Å². The summed E-state index contributed by atoms with van der Waals surface area (Å²) >= 11 is 7.86. The van der Waals surface area contributed by atoms with Crippen molar-refractivity contribution >= 4 is 35.3 Å². The molecule has 0 saturated heterocycles. The molecule has 1 aromatic heterocycles. The maximum Gasteiger partial charge on any atom is 0.230 e. The van der Waals surface area contributed by atoms with Gasteiger partial charge < -0.3 is 10.2 Å². The Balaban J connectivity index is 2.06. The van der Waals surface area contributed by atoms with E-state index < -0.39 is 0 Å². The third-order valence-corrected chi connectivity index (χ3v) is 5.10. The van der Waals surface area contributed by atoms with E-state index in [-0.39, 0.29) is 5.28 Å². The first-order chi connectivity index (χ1) is 9.04. The average Bonchev–Trinajstić information content (AvgIpc) is 2.85. The van der Waals surface area contributed by atoms with Crippen LogP contribution in [0.25, 0.3) is 0 Å². The van der Waals surface area contributed by atoms with E-state index >= 15 is 0 Å². The summed E-state index contributed by atoms with van der Waals surface area (Å²) in [5, 5.41) is 3.55. The minimum atomic E-state index is 0.228. The van der Waals surface area contributed by atoms with Gasteiger partial charge in [0.05, 0.1) is 0 Å². The summed E-state index contributed by atoms with van der Waals surface area (Å²) in [5.41, 5.74) is 0. The lowest BCUT2D eigenvalue weighted by atomic mass is 10.1. The molecule has 1 aromatic rings. The van der Waals surface area contributed by atoms with E-state index in [0.29, 0.717) is 16.6 Å². The minimum absolute atomic E-state index is 0.228. The Labute approximate surface area is 123 Å². The molecule has 2 rings (SSSR count). The van der Waals surface area contributed by atoms with E-state index in [1.54, 1.807) is 0 Å². The zero-order chi connectivity index (χ0) is 13.9.